The maximum atomic E-state index is 12.2. The van der Waals surface area contributed by atoms with E-state index in [9.17, 15) is 4.79 Å². The zero-order chi connectivity index (χ0) is 16.4. The Bertz CT molecular complexity index is 697. The summed E-state index contributed by atoms with van der Waals surface area (Å²) in [6.45, 7) is 4.71. The van der Waals surface area contributed by atoms with Crippen LogP contribution in [0.1, 0.15) is 23.2 Å². The van der Waals surface area contributed by atoms with E-state index in [4.69, 9.17) is 0 Å². The zero-order valence-corrected chi connectivity index (χ0v) is 15.0. The van der Waals surface area contributed by atoms with Gasteiger partial charge in [-0.3, -0.25) is 4.79 Å². The fourth-order valence-electron chi connectivity index (χ4n) is 3.76. The van der Waals surface area contributed by atoms with Crippen molar-refractivity contribution in [2.75, 3.05) is 36.4 Å². The summed E-state index contributed by atoms with van der Waals surface area (Å²) >= 11 is 0. The summed E-state index contributed by atoms with van der Waals surface area (Å²) < 4.78 is 0. The first-order valence-corrected chi connectivity index (χ1v) is 8.75. The lowest BCUT2D eigenvalue weighted by Gasteiger charge is -2.33. The Morgan fingerprint density at radius 2 is 1.56 bits per heavy atom. The highest BCUT2D eigenvalue weighted by Crippen LogP contribution is 2.27. The fourth-order valence-corrected chi connectivity index (χ4v) is 3.76. The maximum absolute atomic E-state index is 12.2. The third-order valence-electron chi connectivity index (χ3n) is 5.15. The first-order valence-electron chi connectivity index (χ1n) is 8.75. The monoisotopic (exact) mass is 357 g/mol. The minimum absolute atomic E-state index is 0. The number of nitrogens with zero attached hydrogens (tertiary/aromatic N) is 2. The van der Waals surface area contributed by atoms with Gasteiger partial charge in [-0.25, -0.2) is 0 Å². The molecule has 5 rings (SSSR count). The molecule has 4 nitrogen and oxygen atoms in total. The Hall–Kier alpha value is -2.04. The maximum Gasteiger partial charge on any atom is 0.255 e. The Balaban J connectivity index is 0.00000182. The van der Waals surface area contributed by atoms with Gasteiger partial charge in [-0.15, -0.1) is 12.4 Å². The van der Waals surface area contributed by atoms with Crippen LogP contribution in [0.25, 0.3) is 0 Å². The summed E-state index contributed by atoms with van der Waals surface area (Å²) in [5, 5.41) is 2.97. The Kier molecular flexibility index (Phi) is 5.61. The van der Waals surface area contributed by atoms with Crippen LogP contribution in [0.5, 0.6) is 0 Å². The summed E-state index contributed by atoms with van der Waals surface area (Å²) in [6.07, 6.45) is 2.51. The van der Waals surface area contributed by atoms with Crippen molar-refractivity contribution < 1.29 is 4.79 Å². The molecule has 3 saturated heterocycles. The number of hydrogen-bond acceptors (Lipinski definition) is 3. The molecule has 1 amide bonds. The number of nitrogens with one attached hydrogen (secondary N) is 1. The second-order valence-electron chi connectivity index (χ2n) is 6.63. The van der Waals surface area contributed by atoms with Crippen molar-refractivity contribution in [2.45, 2.75) is 18.9 Å². The van der Waals surface area contributed by atoms with Crippen LogP contribution in [0, 0.1) is 0 Å². The smallest absolute Gasteiger partial charge is 0.255 e. The number of hydrogen-bond donors (Lipinski definition) is 1. The summed E-state index contributed by atoms with van der Waals surface area (Å²) in [6, 6.07) is 18.3. The van der Waals surface area contributed by atoms with Crippen LogP contribution in [-0.2, 0) is 0 Å². The lowest BCUT2D eigenvalue weighted by atomic mass is 10.0. The molecule has 2 aromatic rings. The first-order chi connectivity index (χ1) is 11.8. The van der Waals surface area contributed by atoms with Gasteiger partial charge in [0.15, 0.2) is 0 Å². The third kappa shape index (κ3) is 3.97. The number of benzene rings is 2. The first kappa shape index (κ1) is 17.8. The molecule has 3 aliphatic rings. The van der Waals surface area contributed by atoms with Gasteiger partial charge in [0.05, 0.1) is 0 Å². The average Bonchev–Trinajstić information content (AvgIpc) is 2.97. The molecule has 0 atom stereocenters. The molecule has 1 N–H and O–H groups in total. The number of halogens is 1. The van der Waals surface area contributed by atoms with Crippen molar-refractivity contribution in [3.63, 3.8) is 0 Å². The van der Waals surface area contributed by atoms with Crippen LogP contribution in [-0.4, -0.2) is 43.0 Å². The van der Waals surface area contributed by atoms with Crippen molar-refractivity contribution in [3.8, 4) is 0 Å². The molecule has 0 aliphatic carbocycles. The second kappa shape index (κ2) is 7.89. The highest BCUT2D eigenvalue weighted by molar-refractivity contribution is 6.04. The average molecular weight is 358 g/mol. The number of piperidine rings is 1. The van der Waals surface area contributed by atoms with Crippen molar-refractivity contribution in [1.82, 2.24) is 4.90 Å². The molecular weight excluding hydrogens is 334 g/mol. The second-order valence-corrected chi connectivity index (χ2v) is 6.63. The lowest BCUT2D eigenvalue weighted by Crippen LogP contribution is -2.37. The van der Waals surface area contributed by atoms with E-state index in [1.54, 1.807) is 0 Å². The lowest BCUT2D eigenvalue weighted by molar-refractivity contribution is 0.102. The van der Waals surface area contributed by atoms with Gasteiger partial charge >= 0.3 is 0 Å². The number of carbonyl (C=O) groups excluding carboxylic acids is 1. The van der Waals surface area contributed by atoms with Crippen LogP contribution >= 0.6 is 12.4 Å². The van der Waals surface area contributed by atoms with Crippen molar-refractivity contribution in [2.24, 2.45) is 0 Å². The van der Waals surface area contributed by atoms with E-state index in [-0.39, 0.29) is 18.3 Å². The number of rotatable bonds is 3. The van der Waals surface area contributed by atoms with E-state index in [1.807, 2.05) is 42.5 Å². The molecule has 25 heavy (non-hydrogen) atoms. The molecular formula is C20H24ClN3O. The van der Waals surface area contributed by atoms with Crippen molar-refractivity contribution in [3.05, 3.63) is 60.2 Å². The van der Waals surface area contributed by atoms with E-state index < -0.39 is 0 Å². The molecule has 0 saturated carbocycles. The van der Waals surface area contributed by atoms with E-state index in [2.05, 4.69) is 27.2 Å². The van der Waals surface area contributed by atoms with Crippen LogP contribution in [0.4, 0.5) is 11.4 Å². The fraction of sp³-hybridized carbons (Fsp3) is 0.350. The molecule has 2 bridgehead atoms. The highest BCUT2D eigenvalue weighted by Gasteiger charge is 2.28. The quantitative estimate of drug-likeness (QED) is 0.910. The Labute approximate surface area is 155 Å². The van der Waals surface area contributed by atoms with Gasteiger partial charge in [0, 0.05) is 49.2 Å². The van der Waals surface area contributed by atoms with Crippen LogP contribution < -0.4 is 10.2 Å². The molecule has 0 spiro atoms. The molecule has 0 aromatic heterocycles. The van der Waals surface area contributed by atoms with E-state index in [0.29, 0.717) is 11.6 Å². The standard InChI is InChI=1S/C20H23N3O.ClH/c24-20(16-4-2-1-3-5-16)21-17-6-8-18(9-7-17)23-15-14-22-12-10-19(23)11-13-22;/h1-9,19H,10-15H2,(H,21,24);1H. The Morgan fingerprint density at radius 3 is 2.24 bits per heavy atom. The zero-order valence-electron chi connectivity index (χ0n) is 14.2. The third-order valence-corrected chi connectivity index (χ3v) is 5.15. The predicted octanol–water partition coefficient (Wildman–Crippen LogP) is 3.65. The normalized spacial score (nSPS) is 22.0. The molecule has 132 valence electrons. The van der Waals surface area contributed by atoms with Crippen LogP contribution in [0.3, 0.4) is 0 Å². The summed E-state index contributed by atoms with van der Waals surface area (Å²) in [7, 11) is 0. The molecule has 5 heteroatoms. The van der Waals surface area contributed by atoms with Crippen molar-refractivity contribution >= 4 is 29.7 Å². The van der Waals surface area contributed by atoms with E-state index in [0.717, 1.165) is 18.8 Å². The molecule has 3 aliphatic heterocycles. The highest BCUT2D eigenvalue weighted by atomic mass is 35.5. The minimum atomic E-state index is -0.0652. The van der Waals surface area contributed by atoms with Gasteiger partial charge in [-0.1, -0.05) is 18.2 Å². The largest absolute Gasteiger partial charge is 0.367 e. The van der Waals surface area contributed by atoms with Gasteiger partial charge < -0.3 is 15.1 Å². The van der Waals surface area contributed by atoms with Crippen molar-refractivity contribution in [1.29, 1.82) is 0 Å². The topological polar surface area (TPSA) is 35.6 Å². The van der Waals surface area contributed by atoms with Crippen LogP contribution in [0.15, 0.2) is 54.6 Å². The molecule has 0 unspecified atom stereocenters. The summed E-state index contributed by atoms with van der Waals surface area (Å²) in [4.78, 5) is 17.3. The molecule has 3 fully saturated rings. The van der Waals surface area contributed by atoms with E-state index >= 15 is 0 Å². The van der Waals surface area contributed by atoms with Gasteiger partial charge in [0.2, 0.25) is 0 Å². The SMILES string of the molecule is Cl.O=C(Nc1ccc(N2CCN3CCC2CC3)cc1)c1ccccc1. The predicted molar refractivity (Wildman–Crippen MR) is 105 cm³/mol. The number of fused-ring (bicyclic) bond motifs is 4. The Morgan fingerprint density at radius 1 is 0.880 bits per heavy atom. The van der Waals surface area contributed by atoms with E-state index in [1.165, 1.54) is 31.6 Å². The number of amides is 1. The van der Waals surface area contributed by atoms with Crippen LogP contribution in [0.2, 0.25) is 0 Å². The van der Waals surface area contributed by atoms with Gasteiger partial charge in [0.1, 0.15) is 0 Å². The minimum Gasteiger partial charge on any atom is -0.367 e. The molecule has 3 heterocycles. The number of anilines is 2. The molecule has 2 aromatic carbocycles. The van der Waals surface area contributed by atoms with Gasteiger partial charge in [-0.05, 0) is 49.2 Å². The van der Waals surface area contributed by atoms with Gasteiger partial charge in [-0.2, -0.15) is 0 Å². The number of carbonyl (C=O) groups is 1. The summed E-state index contributed by atoms with van der Waals surface area (Å²) in [5.41, 5.74) is 2.79. The summed E-state index contributed by atoms with van der Waals surface area (Å²) in [5.74, 6) is -0.0652. The van der Waals surface area contributed by atoms with Gasteiger partial charge in [0.25, 0.3) is 5.91 Å². The molecule has 0 radical (unpaired) electrons.